The van der Waals surface area contributed by atoms with Crippen molar-refractivity contribution in [3.05, 3.63) is 23.4 Å². The van der Waals surface area contributed by atoms with Crippen molar-refractivity contribution in [2.75, 3.05) is 5.73 Å². The van der Waals surface area contributed by atoms with Gasteiger partial charge in [-0.3, -0.25) is 0 Å². The maximum atomic E-state index is 12.8. The first kappa shape index (κ1) is 7.91. The number of nitrogens with two attached hydrogens (primary N) is 1. The van der Waals surface area contributed by atoms with E-state index in [0.29, 0.717) is 0 Å². The summed E-state index contributed by atoms with van der Waals surface area (Å²) in [4.78, 5) is 3.31. The van der Waals surface area contributed by atoms with E-state index in [1.165, 1.54) is 0 Å². The lowest BCUT2D eigenvalue weighted by Crippen LogP contribution is -2.01. The molecular formula is C7H8F2N2. The van der Waals surface area contributed by atoms with Gasteiger partial charge in [0.1, 0.15) is 5.82 Å². The van der Waals surface area contributed by atoms with Crippen LogP contribution in [-0.2, 0) is 6.42 Å². The van der Waals surface area contributed by atoms with Gasteiger partial charge in [-0.2, -0.15) is 0 Å². The Balaban J connectivity index is 3.29. The molecule has 0 aliphatic heterocycles. The van der Waals surface area contributed by atoms with Crippen LogP contribution in [0.5, 0.6) is 0 Å². The number of hydrogen-bond donors (Lipinski definition) is 1. The first-order valence-electron chi connectivity index (χ1n) is 3.25. The fourth-order valence-electron chi connectivity index (χ4n) is 0.844. The van der Waals surface area contributed by atoms with Gasteiger partial charge in [0.15, 0.2) is 11.6 Å². The predicted octanol–water partition coefficient (Wildman–Crippen LogP) is 1.50. The van der Waals surface area contributed by atoms with Crippen molar-refractivity contribution < 1.29 is 8.78 Å². The van der Waals surface area contributed by atoms with Crippen molar-refractivity contribution in [1.29, 1.82) is 0 Å². The monoisotopic (exact) mass is 158 g/mol. The van der Waals surface area contributed by atoms with Crippen LogP contribution in [0.15, 0.2) is 6.20 Å². The highest BCUT2D eigenvalue weighted by Crippen LogP contribution is 2.15. The molecule has 0 radical (unpaired) electrons. The number of nitrogens with zero attached hydrogens (tertiary/aromatic N) is 1. The van der Waals surface area contributed by atoms with Crippen LogP contribution < -0.4 is 5.73 Å². The minimum atomic E-state index is -0.743. The highest BCUT2D eigenvalue weighted by atomic mass is 19.1. The van der Waals surface area contributed by atoms with Crippen LogP contribution in [0.25, 0.3) is 0 Å². The molecule has 0 amide bonds. The second-order valence-corrected chi connectivity index (χ2v) is 2.14. The molecule has 0 unspecified atom stereocenters. The van der Waals surface area contributed by atoms with Gasteiger partial charge in [-0.05, 0) is 6.42 Å². The van der Waals surface area contributed by atoms with Gasteiger partial charge in [0.2, 0.25) is 0 Å². The van der Waals surface area contributed by atoms with Gasteiger partial charge in [0.05, 0.1) is 6.20 Å². The Morgan fingerprint density at radius 1 is 1.55 bits per heavy atom. The van der Waals surface area contributed by atoms with Crippen LogP contribution in [0, 0.1) is 11.6 Å². The van der Waals surface area contributed by atoms with Gasteiger partial charge in [0.25, 0.3) is 0 Å². The van der Waals surface area contributed by atoms with Crippen molar-refractivity contribution in [3.63, 3.8) is 0 Å². The zero-order valence-electron chi connectivity index (χ0n) is 6.06. The van der Waals surface area contributed by atoms with Gasteiger partial charge < -0.3 is 5.73 Å². The van der Waals surface area contributed by atoms with E-state index >= 15 is 0 Å². The maximum absolute atomic E-state index is 12.8. The van der Waals surface area contributed by atoms with Crippen molar-refractivity contribution in [3.8, 4) is 0 Å². The Hall–Kier alpha value is -1.19. The summed E-state index contributed by atoms with van der Waals surface area (Å²) in [6.45, 7) is 1.65. The van der Waals surface area contributed by atoms with Crippen LogP contribution >= 0.6 is 0 Å². The summed E-state index contributed by atoms with van der Waals surface area (Å²) in [5.41, 5.74) is 5.11. The summed E-state index contributed by atoms with van der Waals surface area (Å²) >= 11 is 0. The zero-order valence-corrected chi connectivity index (χ0v) is 6.06. The Labute approximate surface area is 63.1 Å². The summed E-state index contributed by atoms with van der Waals surface area (Å²) in [7, 11) is 0. The maximum Gasteiger partial charge on any atom is 0.171 e. The average molecular weight is 158 g/mol. The van der Waals surface area contributed by atoms with Crippen molar-refractivity contribution in [2.45, 2.75) is 13.3 Å². The smallest absolute Gasteiger partial charge is 0.171 e. The first-order chi connectivity index (χ1) is 5.16. The highest BCUT2D eigenvalue weighted by Gasteiger charge is 2.10. The summed E-state index contributed by atoms with van der Waals surface area (Å²) in [5, 5.41) is 0. The van der Waals surface area contributed by atoms with Gasteiger partial charge in [-0.1, -0.05) is 6.92 Å². The average Bonchev–Trinajstić information content (AvgIpc) is 1.99. The number of nitrogen functional groups attached to an aromatic ring is 1. The van der Waals surface area contributed by atoms with Gasteiger partial charge >= 0.3 is 0 Å². The van der Waals surface area contributed by atoms with Crippen LogP contribution in [0.1, 0.15) is 12.5 Å². The normalized spacial score (nSPS) is 10.1. The summed E-state index contributed by atoms with van der Waals surface area (Å²) in [6.07, 6.45) is 1.21. The van der Waals surface area contributed by atoms with E-state index in [-0.39, 0.29) is 17.8 Å². The zero-order chi connectivity index (χ0) is 8.43. The topological polar surface area (TPSA) is 38.9 Å². The Kier molecular flexibility index (Phi) is 2.03. The number of hydrogen-bond acceptors (Lipinski definition) is 2. The molecular weight excluding hydrogens is 150 g/mol. The Morgan fingerprint density at radius 2 is 2.18 bits per heavy atom. The number of rotatable bonds is 1. The molecule has 1 aromatic heterocycles. The van der Waals surface area contributed by atoms with Crippen LogP contribution in [0.3, 0.4) is 0 Å². The molecule has 1 aromatic rings. The molecule has 0 fully saturated rings. The Morgan fingerprint density at radius 3 is 2.64 bits per heavy atom. The summed E-state index contributed by atoms with van der Waals surface area (Å²) < 4.78 is 25.5. The molecule has 0 spiro atoms. The molecule has 0 aromatic carbocycles. The van der Waals surface area contributed by atoms with Gasteiger partial charge in [-0.25, -0.2) is 13.8 Å². The lowest BCUT2D eigenvalue weighted by atomic mass is 10.2. The predicted molar refractivity (Wildman–Crippen MR) is 37.9 cm³/mol. The third-order valence-corrected chi connectivity index (χ3v) is 1.45. The standard InChI is InChI=1S/C7H8F2N2/c1-2-4-5(8)3-11-7(10)6(4)9/h3H,2H2,1H3,(H2,10,11). The lowest BCUT2D eigenvalue weighted by Gasteiger charge is -2.01. The third kappa shape index (κ3) is 1.29. The van der Waals surface area contributed by atoms with E-state index < -0.39 is 11.6 Å². The molecule has 0 atom stereocenters. The van der Waals surface area contributed by atoms with E-state index in [1.807, 2.05) is 0 Å². The lowest BCUT2D eigenvalue weighted by molar-refractivity contribution is 0.553. The Bertz CT molecular complexity index is 273. The largest absolute Gasteiger partial charge is 0.381 e. The number of aromatic nitrogens is 1. The van der Waals surface area contributed by atoms with Gasteiger partial charge in [0, 0.05) is 5.56 Å². The molecule has 0 saturated carbocycles. The molecule has 0 aliphatic carbocycles. The molecule has 0 aliphatic rings. The third-order valence-electron chi connectivity index (χ3n) is 1.45. The molecule has 1 heterocycles. The van der Waals surface area contributed by atoms with Crippen molar-refractivity contribution in [2.24, 2.45) is 0 Å². The fraction of sp³-hybridized carbons (Fsp3) is 0.286. The molecule has 4 heteroatoms. The molecule has 0 saturated heterocycles. The van der Waals surface area contributed by atoms with Crippen LogP contribution in [-0.4, -0.2) is 4.98 Å². The number of anilines is 1. The summed E-state index contributed by atoms with van der Waals surface area (Å²) in [5.74, 6) is -1.63. The first-order valence-corrected chi connectivity index (χ1v) is 3.25. The molecule has 1 rings (SSSR count). The van der Waals surface area contributed by atoms with E-state index in [0.717, 1.165) is 6.20 Å². The van der Waals surface area contributed by atoms with E-state index in [1.54, 1.807) is 6.92 Å². The summed E-state index contributed by atoms with van der Waals surface area (Å²) in [6, 6.07) is 0. The fourth-order valence-corrected chi connectivity index (χ4v) is 0.844. The minimum Gasteiger partial charge on any atom is -0.381 e. The van der Waals surface area contributed by atoms with E-state index in [4.69, 9.17) is 5.73 Å². The number of pyridine rings is 1. The minimum absolute atomic E-state index is 0.00231. The molecule has 0 bridgehead atoms. The van der Waals surface area contributed by atoms with Crippen LogP contribution in [0.4, 0.5) is 14.6 Å². The number of halogens is 2. The highest BCUT2D eigenvalue weighted by molar-refractivity contribution is 5.35. The second kappa shape index (κ2) is 2.82. The van der Waals surface area contributed by atoms with E-state index in [2.05, 4.69) is 4.98 Å². The van der Waals surface area contributed by atoms with Crippen molar-refractivity contribution >= 4 is 5.82 Å². The molecule has 60 valence electrons. The second-order valence-electron chi connectivity index (χ2n) is 2.14. The van der Waals surface area contributed by atoms with E-state index in [9.17, 15) is 8.78 Å². The SMILES string of the molecule is CCc1c(F)cnc(N)c1F. The molecule has 11 heavy (non-hydrogen) atoms. The van der Waals surface area contributed by atoms with Gasteiger partial charge in [-0.15, -0.1) is 0 Å². The molecule has 2 nitrogen and oxygen atoms in total. The quantitative estimate of drug-likeness (QED) is 0.672. The van der Waals surface area contributed by atoms with Crippen LogP contribution in [0.2, 0.25) is 0 Å². The van der Waals surface area contributed by atoms with Crippen molar-refractivity contribution in [1.82, 2.24) is 4.98 Å². The molecule has 2 N–H and O–H groups in total.